The third kappa shape index (κ3) is 1.35. The van der Waals surface area contributed by atoms with Crippen molar-refractivity contribution in [2.24, 2.45) is 0 Å². The van der Waals surface area contributed by atoms with Crippen LogP contribution in [-0.4, -0.2) is 15.4 Å². The summed E-state index contributed by atoms with van der Waals surface area (Å²) in [5, 5.41) is 10.6. The van der Waals surface area contributed by atoms with Crippen LogP contribution in [0, 0.1) is 15.9 Å². The van der Waals surface area contributed by atoms with E-state index >= 15 is 0 Å². The Kier molecular flexibility index (Phi) is 2.19. The van der Waals surface area contributed by atoms with Gasteiger partial charge < -0.3 is 0 Å². The number of nitro benzene ring substituents is 1. The molecule has 0 N–H and O–H groups in total. The quantitative estimate of drug-likeness (QED) is 0.549. The predicted molar refractivity (Wildman–Crippen MR) is 54.9 cm³/mol. The van der Waals surface area contributed by atoms with Crippen LogP contribution in [0.1, 0.15) is 11.7 Å². The Morgan fingerprint density at radius 2 is 2.12 bits per heavy atom. The van der Waals surface area contributed by atoms with Gasteiger partial charge in [-0.25, -0.2) is 0 Å². The molecule has 5 nitrogen and oxygen atoms in total. The fourth-order valence-electron chi connectivity index (χ4n) is 1.58. The first kappa shape index (κ1) is 10.3. The maximum atomic E-state index is 13.6. The molecule has 0 aliphatic heterocycles. The fourth-order valence-corrected chi connectivity index (χ4v) is 1.58. The number of benzene rings is 1. The van der Waals surface area contributed by atoms with Gasteiger partial charge in [-0.15, -0.1) is 0 Å². The second kappa shape index (κ2) is 3.41. The predicted octanol–water partition coefficient (Wildman–Crippen LogP) is 2.35. The van der Waals surface area contributed by atoms with Gasteiger partial charge in [0.1, 0.15) is 0 Å². The van der Waals surface area contributed by atoms with E-state index in [1.807, 2.05) is 0 Å². The second-order valence-corrected chi connectivity index (χ2v) is 3.29. The van der Waals surface area contributed by atoms with Crippen LogP contribution in [0.4, 0.5) is 10.1 Å². The molecule has 0 atom stereocenters. The lowest BCUT2D eigenvalue weighted by Gasteiger charge is -1.99. The number of carbonyl (C=O) groups is 1. The number of hydrogen-bond donors (Lipinski definition) is 0. The maximum absolute atomic E-state index is 13.6. The van der Waals surface area contributed by atoms with E-state index in [-0.39, 0.29) is 11.3 Å². The summed E-state index contributed by atoms with van der Waals surface area (Å²) >= 11 is 0. The molecule has 0 fully saturated rings. The summed E-state index contributed by atoms with van der Waals surface area (Å²) < 4.78 is 14.9. The summed E-state index contributed by atoms with van der Waals surface area (Å²) in [6.45, 7) is 1.33. The average molecular weight is 222 g/mol. The van der Waals surface area contributed by atoms with Crippen LogP contribution in [0.5, 0.6) is 0 Å². The molecule has 6 heteroatoms. The lowest BCUT2D eigenvalue weighted by atomic mass is 10.2. The highest BCUT2D eigenvalue weighted by Crippen LogP contribution is 2.26. The normalized spacial score (nSPS) is 10.6. The van der Waals surface area contributed by atoms with Crippen molar-refractivity contribution in [3.63, 3.8) is 0 Å². The molecular formula is C10H7FN2O3. The summed E-state index contributed by atoms with van der Waals surface area (Å²) in [5.74, 6) is -1.19. The van der Waals surface area contributed by atoms with Crippen LogP contribution in [0.25, 0.3) is 10.9 Å². The lowest BCUT2D eigenvalue weighted by molar-refractivity contribution is -0.387. The van der Waals surface area contributed by atoms with Gasteiger partial charge in [0.25, 0.3) is 0 Å². The highest BCUT2D eigenvalue weighted by atomic mass is 19.1. The van der Waals surface area contributed by atoms with Gasteiger partial charge in [-0.3, -0.25) is 19.5 Å². The number of rotatable bonds is 1. The Morgan fingerprint density at radius 3 is 2.69 bits per heavy atom. The molecule has 2 rings (SSSR count). The van der Waals surface area contributed by atoms with Gasteiger partial charge in [0.15, 0.2) is 0 Å². The largest absolute Gasteiger partial charge is 0.305 e. The molecule has 0 radical (unpaired) electrons. The van der Waals surface area contributed by atoms with E-state index in [2.05, 4.69) is 0 Å². The average Bonchev–Trinajstić information content (AvgIpc) is 2.61. The smallest absolute Gasteiger partial charge is 0.287 e. The molecule has 82 valence electrons. The minimum atomic E-state index is -0.914. The van der Waals surface area contributed by atoms with Crippen molar-refractivity contribution in [1.29, 1.82) is 0 Å². The third-order valence-electron chi connectivity index (χ3n) is 2.32. The summed E-state index contributed by atoms with van der Waals surface area (Å²) in [7, 11) is 0. The van der Waals surface area contributed by atoms with Crippen LogP contribution in [0.15, 0.2) is 24.4 Å². The van der Waals surface area contributed by atoms with Gasteiger partial charge in [-0.1, -0.05) is 0 Å². The van der Waals surface area contributed by atoms with Gasteiger partial charge in [-0.05, 0) is 12.1 Å². The molecule has 2 aromatic rings. The van der Waals surface area contributed by atoms with Gasteiger partial charge >= 0.3 is 5.69 Å². The number of hydrogen-bond acceptors (Lipinski definition) is 3. The molecule has 0 amide bonds. The van der Waals surface area contributed by atoms with E-state index in [9.17, 15) is 19.3 Å². The monoisotopic (exact) mass is 222 g/mol. The van der Waals surface area contributed by atoms with E-state index in [1.165, 1.54) is 29.8 Å². The van der Waals surface area contributed by atoms with E-state index in [4.69, 9.17) is 0 Å². The summed E-state index contributed by atoms with van der Waals surface area (Å²) in [6.07, 6.45) is 1.39. The van der Waals surface area contributed by atoms with Crippen LogP contribution in [0.2, 0.25) is 0 Å². The summed E-state index contributed by atoms with van der Waals surface area (Å²) in [6, 6.07) is 3.76. The molecule has 1 aromatic heterocycles. The molecule has 0 unspecified atom stereocenters. The Hall–Kier alpha value is -2.24. The minimum absolute atomic E-state index is 0.0735. The topological polar surface area (TPSA) is 65.1 Å². The van der Waals surface area contributed by atoms with E-state index in [0.717, 1.165) is 6.07 Å². The van der Waals surface area contributed by atoms with Gasteiger partial charge in [0.05, 0.1) is 10.4 Å². The number of nitrogens with zero attached hydrogens (tertiary/aromatic N) is 2. The molecule has 1 aromatic carbocycles. The molecular weight excluding hydrogens is 215 g/mol. The second-order valence-electron chi connectivity index (χ2n) is 3.29. The number of halogens is 1. The molecule has 0 aliphatic carbocycles. The summed E-state index contributed by atoms with van der Waals surface area (Å²) in [4.78, 5) is 20.9. The Labute approximate surface area is 89.2 Å². The van der Waals surface area contributed by atoms with Crippen LogP contribution >= 0.6 is 0 Å². The molecule has 0 saturated heterocycles. The van der Waals surface area contributed by atoms with Gasteiger partial charge in [0, 0.05) is 24.6 Å². The number of carbonyl (C=O) groups excluding carboxylic acids is 1. The van der Waals surface area contributed by atoms with Crippen LogP contribution in [0.3, 0.4) is 0 Å². The number of nitro groups is 1. The van der Waals surface area contributed by atoms with E-state index in [1.54, 1.807) is 0 Å². The van der Waals surface area contributed by atoms with Crippen LogP contribution < -0.4 is 0 Å². The molecule has 0 saturated carbocycles. The lowest BCUT2D eigenvalue weighted by Crippen LogP contribution is -2.03. The molecule has 0 spiro atoms. The fraction of sp³-hybridized carbons (Fsp3) is 0.100. The molecule has 1 heterocycles. The zero-order valence-corrected chi connectivity index (χ0v) is 8.31. The van der Waals surface area contributed by atoms with E-state index in [0.29, 0.717) is 5.52 Å². The Bertz CT molecular complexity index is 603. The van der Waals surface area contributed by atoms with Gasteiger partial charge in [0.2, 0.25) is 11.7 Å². The van der Waals surface area contributed by atoms with Crippen molar-refractivity contribution in [1.82, 2.24) is 4.57 Å². The van der Waals surface area contributed by atoms with Crippen molar-refractivity contribution < 1.29 is 14.1 Å². The zero-order chi connectivity index (χ0) is 11.9. The first-order chi connectivity index (χ1) is 7.52. The maximum Gasteiger partial charge on any atom is 0.305 e. The molecule has 16 heavy (non-hydrogen) atoms. The number of fused-ring (bicyclic) bond motifs is 1. The zero-order valence-electron chi connectivity index (χ0n) is 8.31. The first-order valence-corrected chi connectivity index (χ1v) is 4.47. The number of aromatic nitrogens is 1. The van der Waals surface area contributed by atoms with Crippen LogP contribution in [-0.2, 0) is 0 Å². The highest BCUT2D eigenvalue weighted by Gasteiger charge is 2.19. The SMILES string of the molecule is CC(=O)n1ccc2c(F)c([N+](=O)[O-])ccc21. The van der Waals surface area contributed by atoms with Crippen molar-refractivity contribution in [3.8, 4) is 0 Å². The van der Waals surface area contributed by atoms with Crippen molar-refractivity contribution in [3.05, 3.63) is 40.3 Å². The summed E-state index contributed by atoms with van der Waals surface area (Å²) in [5.41, 5.74) is -0.260. The molecule has 0 aliphatic rings. The third-order valence-corrected chi connectivity index (χ3v) is 2.32. The van der Waals surface area contributed by atoms with E-state index < -0.39 is 16.4 Å². The van der Waals surface area contributed by atoms with Gasteiger partial charge in [-0.2, -0.15) is 4.39 Å². The minimum Gasteiger partial charge on any atom is -0.287 e. The first-order valence-electron chi connectivity index (χ1n) is 4.47. The highest BCUT2D eigenvalue weighted by molar-refractivity contribution is 5.92. The Balaban J connectivity index is 2.78. The molecule has 0 bridgehead atoms. The standard InChI is InChI=1S/C10H7FN2O3/c1-6(14)12-5-4-7-8(12)2-3-9(10(7)11)13(15)16/h2-5H,1H3. The Morgan fingerprint density at radius 1 is 1.44 bits per heavy atom. The van der Waals surface area contributed by atoms with Crippen molar-refractivity contribution in [2.45, 2.75) is 6.92 Å². The van der Waals surface area contributed by atoms with Crippen molar-refractivity contribution in [2.75, 3.05) is 0 Å². The van der Waals surface area contributed by atoms with Crippen molar-refractivity contribution >= 4 is 22.5 Å².